The van der Waals surface area contributed by atoms with Crippen molar-refractivity contribution in [2.24, 2.45) is 5.41 Å². The molecule has 1 amide bonds. The Kier molecular flexibility index (Phi) is 3.95. The van der Waals surface area contributed by atoms with E-state index >= 15 is 0 Å². The van der Waals surface area contributed by atoms with Gasteiger partial charge in [0.05, 0.1) is 11.0 Å². The van der Waals surface area contributed by atoms with Crippen LogP contribution in [0.1, 0.15) is 40.2 Å². The lowest BCUT2D eigenvalue weighted by molar-refractivity contribution is -0.143. The molecule has 1 aliphatic rings. The van der Waals surface area contributed by atoms with Gasteiger partial charge in [0.1, 0.15) is 0 Å². The van der Waals surface area contributed by atoms with Crippen molar-refractivity contribution < 1.29 is 14.7 Å². The third-order valence-electron chi connectivity index (χ3n) is 4.83. The van der Waals surface area contributed by atoms with Crippen LogP contribution in [-0.2, 0) is 4.79 Å². The Morgan fingerprint density at radius 3 is 2.50 bits per heavy atom. The van der Waals surface area contributed by atoms with Crippen LogP contribution in [0.4, 0.5) is 0 Å². The molecule has 1 heterocycles. The van der Waals surface area contributed by atoms with Crippen LogP contribution < -0.4 is 5.32 Å². The zero-order chi connectivity index (χ0) is 17.5. The number of rotatable bonds is 5. The number of hydrogen-bond donors (Lipinski definition) is 2. The summed E-state index contributed by atoms with van der Waals surface area (Å²) >= 11 is 0. The lowest BCUT2D eigenvalue weighted by Crippen LogP contribution is -2.34. The number of benzene rings is 1. The van der Waals surface area contributed by atoms with Crippen molar-refractivity contribution in [3.8, 4) is 5.69 Å². The van der Waals surface area contributed by atoms with Crippen LogP contribution in [0.2, 0.25) is 0 Å². The highest BCUT2D eigenvalue weighted by Crippen LogP contribution is 2.45. The third kappa shape index (κ3) is 2.82. The van der Waals surface area contributed by atoms with E-state index in [4.69, 9.17) is 0 Å². The van der Waals surface area contributed by atoms with Gasteiger partial charge in [0.15, 0.2) is 0 Å². The summed E-state index contributed by atoms with van der Waals surface area (Å²) in [5, 5.41) is 12.0. The fraction of sp³-hybridized carbons (Fsp3) is 0.368. The van der Waals surface area contributed by atoms with E-state index in [1.807, 2.05) is 49.6 Å². The minimum atomic E-state index is -0.826. The summed E-state index contributed by atoms with van der Waals surface area (Å²) in [6.07, 6.45) is 1.26. The molecule has 1 saturated carbocycles. The highest BCUT2D eigenvalue weighted by molar-refractivity contribution is 5.96. The maximum absolute atomic E-state index is 12.5. The molecule has 0 unspecified atom stereocenters. The number of aromatic nitrogens is 1. The first kappa shape index (κ1) is 16.3. The number of hydrogen-bond acceptors (Lipinski definition) is 2. The smallest absolute Gasteiger partial charge is 0.311 e. The van der Waals surface area contributed by atoms with E-state index in [1.54, 1.807) is 0 Å². The van der Waals surface area contributed by atoms with E-state index < -0.39 is 11.4 Å². The van der Waals surface area contributed by atoms with Crippen molar-refractivity contribution in [2.45, 2.75) is 33.6 Å². The van der Waals surface area contributed by atoms with Gasteiger partial charge in [-0.1, -0.05) is 12.1 Å². The van der Waals surface area contributed by atoms with Crippen molar-refractivity contribution in [3.05, 3.63) is 52.8 Å². The molecule has 1 aromatic carbocycles. The van der Waals surface area contributed by atoms with Gasteiger partial charge in [-0.05, 0) is 57.4 Å². The predicted octanol–water partition coefficient (Wildman–Crippen LogP) is 3.00. The molecule has 2 aromatic rings. The highest BCUT2D eigenvalue weighted by Gasteiger charge is 2.50. The van der Waals surface area contributed by atoms with E-state index in [2.05, 4.69) is 11.4 Å². The maximum Gasteiger partial charge on any atom is 0.311 e. The number of aliphatic carboxylic acids is 1. The Morgan fingerprint density at radius 2 is 1.92 bits per heavy atom. The van der Waals surface area contributed by atoms with Crippen molar-refractivity contribution in [3.63, 3.8) is 0 Å². The molecule has 24 heavy (non-hydrogen) atoms. The van der Waals surface area contributed by atoms with Crippen molar-refractivity contribution in [1.82, 2.24) is 9.88 Å². The lowest BCUT2D eigenvalue weighted by atomic mass is 10.1. The van der Waals surface area contributed by atoms with Gasteiger partial charge in [0, 0.05) is 23.6 Å². The van der Waals surface area contributed by atoms with E-state index in [1.165, 1.54) is 0 Å². The molecular weight excluding hydrogens is 304 g/mol. The minimum Gasteiger partial charge on any atom is -0.481 e. The average Bonchev–Trinajstić information content (AvgIpc) is 3.26. The van der Waals surface area contributed by atoms with Gasteiger partial charge in [0.25, 0.3) is 5.91 Å². The SMILES string of the molecule is Cc1cccc(-n2c(C)cc(C(=O)NCC3(C(=O)O)CC3)c2C)c1. The number of carboxylic acids is 1. The first-order valence-electron chi connectivity index (χ1n) is 8.12. The van der Waals surface area contributed by atoms with Gasteiger partial charge >= 0.3 is 5.97 Å². The number of nitrogens with zero attached hydrogens (tertiary/aromatic N) is 1. The second-order valence-electron chi connectivity index (χ2n) is 6.73. The van der Waals surface area contributed by atoms with Crippen LogP contribution in [0, 0.1) is 26.2 Å². The molecule has 0 bridgehead atoms. The zero-order valence-corrected chi connectivity index (χ0v) is 14.2. The van der Waals surface area contributed by atoms with Crippen LogP contribution in [0.5, 0.6) is 0 Å². The summed E-state index contributed by atoms with van der Waals surface area (Å²) in [7, 11) is 0. The molecule has 126 valence electrons. The molecular formula is C19H22N2O3. The van der Waals surface area contributed by atoms with Gasteiger partial charge in [-0.25, -0.2) is 0 Å². The van der Waals surface area contributed by atoms with Gasteiger partial charge in [0.2, 0.25) is 0 Å². The lowest BCUT2D eigenvalue weighted by Gasteiger charge is -2.12. The Balaban J connectivity index is 1.83. The fourth-order valence-electron chi connectivity index (χ4n) is 3.12. The molecule has 1 aromatic heterocycles. The summed E-state index contributed by atoms with van der Waals surface area (Å²) in [6, 6.07) is 9.97. The Labute approximate surface area is 141 Å². The number of carboxylic acid groups (broad SMARTS) is 1. The largest absolute Gasteiger partial charge is 0.481 e. The van der Waals surface area contributed by atoms with Crippen LogP contribution in [0.25, 0.3) is 5.69 Å². The molecule has 3 rings (SSSR count). The Morgan fingerprint density at radius 1 is 1.21 bits per heavy atom. The summed E-state index contributed by atoms with van der Waals surface area (Å²) in [5.41, 5.74) is 3.85. The summed E-state index contributed by atoms with van der Waals surface area (Å²) in [6.45, 7) is 6.10. The highest BCUT2D eigenvalue weighted by atomic mass is 16.4. The number of carbonyl (C=O) groups is 2. The maximum atomic E-state index is 12.5. The second-order valence-corrected chi connectivity index (χ2v) is 6.73. The normalized spacial score (nSPS) is 15.1. The predicted molar refractivity (Wildman–Crippen MR) is 91.6 cm³/mol. The van der Waals surface area contributed by atoms with E-state index in [0.717, 1.165) is 22.6 Å². The first-order chi connectivity index (χ1) is 11.3. The molecule has 0 aliphatic heterocycles. The third-order valence-corrected chi connectivity index (χ3v) is 4.83. The fourth-order valence-corrected chi connectivity index (χ4v) is 3.12. The summed E-state index contributed by atoms with van der Waals surface area (Å²) < 4.78 is 2.05. The molecule has 2 N–H and O–H groups in total. The molecule has 5 nitrogen and oxygen atoms in total. The Bertz CT molecular complexity index is 816. The number of aryl methyl sites for hydroxylation is 2. The Hall–Kier alpha value is -2.56. The van der Waals surface area contributed by atoms with E-state index in [-0.39, 0.29) is 12.5 Å². The van der Waals surface area contributed by atoms with Crippen LogP contribution >= 0.6 is 0 Å². The molecule has 1 fully saturated rings. The molecule has 5 heteroatoms. The van der Waals surface area contributed by atoms with E-state index in [9.17, 15) is 14.7 Å². The first-order valence-corrected chi connectivity index (χ1v) is 8.12. The van der Waals surface area contributed by atoms with Gasteiger partial charge in [-0.3, -0.25) is 9.59 Å². The quantitative estimate of drug-likeness (QED) is 0.887. The zero-order valence-electron chi connectivity index (χ0n) is 14.2. The van der Waals surface area contributed by atoms with Crippen LogP contribution in [-0.4, -0.2) is 28.1 Å². The van der Waals surface area contributed by atoms with Gasteiger partial charge < -0.3 is 15.0 Å². The molecule has 0 spiro atoms. The number of carbonyl (C=O) groups excluding carboxylic acids is 1. The number of amides is 1. The summed E-state index contributed by atoms with van der Waals surface area (Å²) in [4.78, 5) is 23.7. The molecule has 0 radical (unpaired) electrons. The van der Waals surface area contributed by atoms with Gasteiger partial charge in [-0.15, -0.1) is 0 Å². The minimum absolute atomic E-state index is 0.190. The second kappa shape index (κ2) is 5.82. The van der Waals surface area contributed by atoms with Crippen molar-refractivity contribution in [2.75, 3.05) is 6.54 Å². The molecule has 0 atom stereocenters. The summed E-state index contributed by atoms with van der Waals surface area (Å²) in [5.74, 6) is -1.04. The van der Waals surface area contributed by atoms with Crippen LogP contribution in [0.3, 0.4) is 0 Å². The van der Waals surface area contributed by atoms with Crippen LogP contribution in [0.15, 0.2) is 30.3 Å². The number of nitrogens with one attached hydrogen (secondary N) is 1. The van der Waals surface area contributed by atoms with Gasteiger partial charge in [-0.2, -0.15) is 0 Å². The standard InChI is InChI=1S/C19H22N2O3/c1-12-5-4-6-15(9-12)21-13(2)10-16(14(21)3)17(22)20-11-19(7-8-19)18(23)24/h4-6,9-10H,7-8,11H2,1-3H3,(H,20,22)(H,23,24). The molecule has 1 aliphatic carbocycles. The van der Waals surface area contributed by atoms with Crippen molar-refractivity contribution >= 4 is 11.9 Å². The average molecular weight is 326 g/mol. The van der Waals surface area contributed by atoms with E-state index in [0.29, 0.717) is 18.4 Å². The monoisotopic (exact) mass is 326 g/mol. The topological polar surface area (TPSA) is 71.3 Å². The van der Waals surface area contributed by atoms with Crippen molar-refractivity contribution in [1.29, 1.82) is 0 Å². The molecule has 0 saturated heterocycles.